The van der Waals surface area contributed by atoms with Crippen LogP contribution in [-0.4, -0.2) is 20.4 Å². The molecule has 0 aromatic carbocycles. The minimum absolute atomic E-state index is 0.0990. The lowest BCUT2D eigenvalue weighted by Crippen LogP contribution is -2.20. The first-order valence-electron chi connectivity index (χ1n) is 10.6. The zero-order valence-corrected chi connectivity index (χ0v) is 18.4. The zero-order chi connectivity index (χ0) is 20.9. The van der Waals surface area contributed by atoms with Gasteiger partial charge in [0, 0.05) is 46.8 Å². The number of aromatic nitrogens is 3. The SMILES string of the molecule is Cc1cc(/C=C/C(=O)NCc2nc(-c3ccncc3)cs2)c(C)n1C1CCCCC1. The van der Waals surface area contributed by atoms with Gasteiger partial charge < -0.3 is 9.88 Å². The molecule has 1 aliphatic carbocycles. The van der Waals surface area contributed by atoms with Crippen molar-refractivity contribution in [3.63, 3.8) is 0 Å². The van der Waals surface area contributed by atoms with Crippen molar-refractivity contribution in [1.29, 1.82) is 0 Å². The fourth-order valence-corrected chi connectivity index (χ4v) is 5.05. The molecule has 0 aliphatic heterocycles. The Labute approximate surface area is 181 Å². The minimum atomic E-state index is -0.0990. The van der Waals surface area contributed by atoms with E-state index in [1.165, 1.54) is 43.5 Å². The van der Waals surface area contributed by atoms with Gasteiger partial charge in [-0.25, -0.2) is 4.98 Å². The quantitative estimate of drug-likeness (QED) is 0.539. The molecule has 0 spiro atoms. The first-order valence-corrected chi connectivity index (χ1v) is 11.5. The third kappa shape index (κ3) is 4.70. The molecule has 0 atom stereocenters. The van der Waals surface area contributed by atoms with E-state index in [0.29, 0.717) is 12.6 Å². The van der Waals surface area contributed by atoms with E-state index in [4.69, 9.17) is 0 Å². The summed E-state index contributed by atoms with van der Waals surface area (Å²) in [4.78, 5) is 21.0. The number of thiazole rings is 1. The summed E-state index contributed by atoms with van der Waals surface area (Å²) < 4.78 is 2.47. The van der Waals surface area contributed by atoms with Crippen LogP contribution in [0.15, 0.2) is 42.0 Å². The van der Waals surface area contributed by atoms with Crippen molar-refractivity contribution in [2.45, 2.75) is 58.5 Å². The van der Waals surface area contributed by atoms with Crippen LogP contribution in [0.2, 0.25) is 0 Å². The van der Waals surface area contributed by atoms with Gasteiger partial charge in [-0.05, 0) is 56.5 Å². The van der Waals surface area contributed by atoms with Gasteiger partial charge in [0.15, 0.2) is 0 Å². The van der Waals surface area contributed by atoms with Crippen LogP contribution in [0.4, 0.5) is 0 Å². The Morgan fingerprint density at radius 2 is 2.00 bits per heavy atom. The molecule has 1 saturated carbocycles. The van der Waals surface area contributed by atoms with E-state index >= 15 is 0 Å². The largest absolute Gasteiger partial charge is 0.346 e. The normalized spacial score (nSPS) is 15.0. The highest BCUT2D eigenvalue weighted by atomic mass is 32.1. The Morgan fingerprint density at radius 1 is 1.23 bits per heavy atom. The maximum Gasteiger partial charge on any atom is 0.244 e. The van der Waals surface area contributed by atoms with Crippen LogP contribution in [0, 0.1) is 13.8 Å². The Kier molecular flexibility index (Phi) is 6.43. The summed E-state index contributed by atoms with van der Waals surface area (Å²) in [7, 11) is 0. The number of pyridine rings is 1. The molecule has 6 heteroatoms. The van der Waals surface area contributed by atoms with Gasteiger partial charge in [-0.3, -0.25) is 9.78 Å². The van der Waals surface area contributed by atoms with Crippen LogP contribution in [0.25, 0.3) is 17.3 Å². The lowest BCUT2D eigenvalue weighted by atomic mass is 9.95. The Hall–Kier alpha value is -2.73. The number of aryl methyl sites for hydroxylation is 1. The first kappa shape index (κ1) is 20.5. The van der Waals surface area contributed by atoms with E-state index in [-0.39, 0.29) is 5.91 Å². The molecule has 1 fully saturated rings. The summed E-state index contributed by atoms with van der Waals surface area (Å²) in [6, 6.07) is 6.66. The topological polar surface area (TPSA) is 59.8 Å². The van der Waals surface area contributed by atoms with Crippen molar-refractivity contribution >= 4 is 23.3 Å². The van der Waals surface area contributed by atoms with Crippen molar-refractivity contribution in [3.8, 4) is 11.3 Å². The van der Waals surface area contributed by atoms with Gasteiger partial charge in [0.25, 0.3) is 0 Å². The molecular formula is C24H28N4OS. The molecule has 4 rings (SSSR count). The number of hydrogen-bond donors (Lipinski definition) is 1. The molecule has 156 valence electrons. The Morgan fingerprint density at radius 3 is 2.77 bits per heavy atom. The summed E-state index contributed by atoms with van der Waals surface area (Å²) in [5.74, 6) is -0.0990. The summed E-state index contributed by atoms with van der Waals surface area (Å²) in [6.45, 7) is 4.76. The highest BCUT2D eigenvalue weighted by Gasteiger charge is 2.19. The van der Waals surface area contributed by atoms with Gasteiger partial charge in [-0.15, -0.1) is 11.3 Å². The molecule has 1 amide bonds. The minimum Gasteiger partial charge on any atom is -0.346 e. The Bertz CT molecular complexity index is 1030. The summed E-state index contributed by atoms with van der Waals surface area (Å²) in [5.41, 5.74) is 5.61. The molecule has 0 bridgehead atoms. The van der Waals surface area contributed by atoms with Crippen LogP contribution in [0.3, 0.4) is 0 Å². The standard InChI is InChI=1S/C24H28N4OS/c1-17-14-20(18(2)28(17)21-6-4-3-5-7-21)8-9-23(29)26-15-24-27-22(16-30-24)19-10-12-25-13-11-19/h8-14,16,21H,3-7,15H2,1-2H3,(H,26,29)/b9-8+. The maximum atomic E-state index is 12.3. The lowest BCUT2D eigenvalue weighted by Gasteiger charge is -2.26. The molecule has 3 heterocycles. The van der Waals surface area contributed by atoms with Crippen LogP contribution in [-0.2, 0) is 11.3 Å². The summed E-state index contributed by atoms with van der Waals surface area (Å²) in [5, 5.41) is 5.84. The highest BCUT2D eigenvalue weighted by Crippen LogP contribution is 2.32. The molecular weight excluding hydrogens is 392 g/mol. The van der Waals surface area contributed by atoms with Gasteiger partial charge in [-0.2, -0.15) is 0 Å². The third-order valence-corrected chi connectivity index (χ3v) is 6.67. The van der Waals surface area contributed by atoms with Crippen molar-refractivity contribution in [3.05, 3.63) is 64.0 Å². The maximum absolute atomic E-state index is 12.3. The van der Waals surface area contributed by atoms with E-state index in [2.05, 4.69) is 39.8 Å². The average Bonchev–Trinajstić information content (AvgIpc) is 3.36. The van der Waals surface area contributed by atoms with E-state index < -0.39 is 0 Å². The molecule has 1 aliphatic rings. The van der Waals surface area contributed by atoms with Crippen molar-refractivity contribution in [2.24, 2.45) is 0 Å². The number of amides is 1. The summed E-state index contributed by atoms with van der Waals surface area (Å²) in [6.07, 6.45) is 13.6. The predicted octanol–water partition coefficient (Wildman–Crippen LogP) is 5.46. The third-order valence-electron chi connectivity index (χ3n) is 5.82. The highest BCUT2D eigenvalue weighted by molar-refractivity contribution is 7.09. The fraction of sp³-hybridized carbons (Fsp3) is 0.375. The number of carbonyl (C=O) groups is 1. The number of rotatable bonds is 6. The molecule has 5 nitrogen and oxygen atoms in total. The second-order valence-corrected chi connectivity index (χ2v) is 8.84. The molecule has 30 heavy (non-hydrogen) atoms. The van der Waals surface area contributed by atoms with Gasteiger partial charge in [0.05, 0.1) is 12.2 Å². The van der Waals surface area contributed by atoms with E-state index in [9.17, 15) is 4.79 Å². The molecule has 3 aromatic rings. The van der Waals surface area contributed by atoms with Gasteiger partial charge in [0.2, 0.25) is 5.91 Å². The molecule has 0 radical (unpaired) electrons. The molecule has 0 saturated heterocycles. The number of nitrogens with one attached hydrogen (secondary N) is 1. The van der Waals surface area contributed by atoms with Crippen LogP contribution in [0.5, 0.6) is 0 Å². The first-order chi connectivity index (χ1) is 14.6. The molecule has 0 unspecified atom stereocenters. The van der Waals surface area contributed by atoms with Crippen LogP contribution in [0.1, 0.15) is 60.1 Å². The van der Waals surface area contributed by atoms with Crippen molar-refractivity contribution in [1.82, 2.24) is 19.9 Å². The van der Waals surface area contributed by atoms with Crippen molar-refractivity contribution < 1.29 is 4.79 Å². The van der Waals surface area contributed by atoms with Crippen LogP contribution >= 0.6 is 11.3 Å². The second-order valence-electron chi connectivity index (χ2n) is 7.90. The zero-order valence-electron chi connectivity index (χ0n) is 17.6. The van der Waals surface area contributed by atoms with Gasteiger partial charge >= 0.3 is 0 Å². The lowest BCUT2D eigenvalue weighted by molar-refractivity contribution is -0.116. The average molecular weight is 421 g/mol. The van der Waals surface area contributed by atoms with E-state index in [0.717, 1.165) is 21.8 Å². The summed E-state index contributed by atoms with van der Waals surface area (Å²) >= 11 is 1.55. The van der Waals surface area contributed by atoms with Crippen LogP contribution < -0.4 is 5.32 Å². The number of hydrogen-bond acceptors (Lipinski definition) is 4. The monoisotopic (exact) mass is 420 g/mol. The smallest absolute Gasteiger partial charge is 0.244 e. The molecule has 1 N–H and O–H groups in total. The van der Waals surface area contributed by atoms with Gasteiger partial charge in [0.1, 0.15) is 5.01 Å². The Balaban J connectivity index is 1.36. The van der Waals surface area contributed by atoms with E-state index in [1.54, 1.807) is 29.8 Å². The van der Waals surface area contributed by atoms with E-state index in [1.807, 2.05) is 23.6 Å². The number of carbonyl (C=O) groups excluding carboxylic acids is 1. The number of nitrogens with zero attached hydrogens (tertiary/aromatic N) is 3. The fourth-order valence-electron chi connectivity index (χ4n) is 4.31. The van der Waals surface area contributed by atoms with Crippen molar-refractivity contribution in [2.75, 3.05) is 0 Å². The second kappa shape index (κ2) is 9.39. The predicted molar refractivity (Wildman–Crippen MR) is 122 cm³/mol. The molecule has 3 aromatic heterocycles. The van der Waals surface area contributed by atoms with Gasteiger partial charge in [-0.1, -0.05) is 19.3 Å².